The smallest absolute Gasteiger partial charge is 0.223 e. The molecule has 0 aliphatic heterocycles. The van der Waals surface area contributed by atoms with E-state index in [2.05, 4.69) is 169 Å². The summed E-state index contributed by atoms with van der Waals surface area (Å²) in [6.07, 6.45) is 0. The van der Waals surface area contributed by atoms with Crippen LogP contribution in [0, 0.1) is 0 Å². The number of fused-ring (bicyclic) bond motifs is 16. The number of para-hydroxylation sites is 5. The summed E-state index contributed by atoms with van der Waals surface area (Å²) in [7, 11) is 0. The highest BCUT2D eigenvalue weighted by Crippen LogP contribution is 2.49. The van der Waals surface area contributed by atoms with Gasteiger partial charge in [-0.25, -0.2) is 14.4 Å². The van der Waals surface area contributed by atoms with Crippen LogP contribution in [0.4, 0.5) is 0 Å². The van der Waals surface area contributed by atoms with E-state index >= 15 is 0 Å². The maximum absolute atomic E-state index is 5.54. The van der Waals surface area contributed by atoms with Gasteiger partial charge in [0.05, 0.1) is 44.3 Å². The van der Waals surface area contributed by atoms with Gasteiger partial charge in [0.25, 0.3) is 0 Å². The van der Waals surface area contributed by atoms with Gasteiger partial charge >= 0.3 is 0 Å². The fraction of sp³-hybridized carbons (Fsp3) is 0.0222. The Morgan fingerprint density at radius 1 is 0.373 bits per heavy atom. The quantitative estimate of drug-likeness (QED) is 0.187. The van der Waals surface area contributed by atoms with Crippen molar-refractivity contribution in [2.24, 2.45) is 0 Å². The van der Waals surface area contributed by atoms with Gasteiger partial charge in [-0.2, -0.15) is 0 Å². The number of nitrogens with zero attached hydrogens (tertiary/aromatic N) is 6. The molecule has 0 amide bonds. The Morgan fingerprint density at radius 3 is 1.51 bits per heavy atom. The van der Waals surface area contributed by atoms with Crippen LogP contribution in [0.25, 0.3) is 88.8 Å². The van der Waals surface area contributed by atoms with Crippen molar-refractivity contribution in [3.63, 3.8) is 0 Å². The van der Waals surface area contributed by atoms with Gasteiger partial charge in [-0.1, -0.05) is 109 Å². The molecule has 0 radical (unpaired) electrons. The molecule has 6 nitrogen and oxygen atoms in total. The lowest BCUT2D eigenvalue weighted by atomic mass is 9.88. The molecule has 0 fully saturated rings. The van der Waals surface area contributed by atoms with Crippen molar-refractivity contribution in [2.75, 3.05) is 0 Å². The average Bonchev–Trinajstić information content (AvgIpc) is 4.01. The second kappa shape index (κ2) is 9.00. The van der Waals surface area contributed by atoms with Crippen molar-refractivity contribution < 1.29 is 0 Å². The maximum atomic E-state index is 5.54. The molecule has 0 atom stereocenters. The lowest BCUT2D eigenvalue weighted by molar-refractivity contribution is 1.02. The highest BCUT2D eigenvalue weighted by atomic mass is 15.3. The zero-order chi connectivity index (χ0) is 32.9. The number of hydrogen-bond donors (Lipinski definition) is 0. The Bertz CT molecular complexity index is 3340. The number of aromatic nitrogens is 6. The molecule has 236 valence electrons. The highest BCUT2D eigenvalue weighted by molar-refractivity contribution is 6.11. The highest BCUT2D eigenvalue weighted by Gasteiger charge is 2.32. The van der Waals surface area contributed by atoms with E-state index in [1.54, 1.807) is 0 Å². The second-order valence-electron chi connectivity index (χ2n) is 13.8. The molecule has 1 aliphatic rings. The van der Waals surface area contributed by atoms with Crippen LogP contribution in [-0.2, 0) is 0 Å². The van der Waals surface area contributed by atoms with Crippen molar-refractivity contribution in [2.45, 2.75) is 5.92 Å². The van der Waals surface area contributed by atoms with Crippen LogP contribution in [0.1, 0.15) is 22.6 Å². The lowest BCUT2D eigenvalue weighted by Gasteiger charge is -2.15. The summed E-state index contributed by atoms with van der Waals surface area (Å²) in [4.78, 5) is 11.0. The van der Waals surface area contributed by atoms with Gasteiger partial charge in [0, 0.05) is 16.7 Å². The van der Waals surface area contributed by atoms with E-state index in [1.807, 2.05) is 0 Å². The largest absolute Gasteiger partial charge is 0.307 e. The molecule has 0 bridgehead atoms. The Labute approximate surface area is 290 Å². The van der Waals surface area contributed by atoms with Crippen LogP contribution in [0.5, 0.6) is 0 Å². The van der Waals surface area contributed by atoms with Gasteiger partial charge in [0.2, 0.25) is 11.6 Å². The standard InChI is InChI=1S/C45H26N6/c1-3-16-30-26(12-1)27-13-2-4-17-31(27)40(30)32-18-9-21-35-41(32)46-44-49(35)38-24-11-25-39-43(38)51(44)45-47-42-36(22-10-23-37(42)50(39)45)48-33-19-7-5-14-28(33)29-15-6-8-20-34(29)48/h1-25,40H. The molecule has 0 saturated carbocycles. The molecule has 0 saturated heterocycles. The lowest BCUT2D eigenvalue weighted by Crippen LogP contribution is -2.00. The third-order valence-electron chi connectivity index (χ3n) is 11.4. The third kappa shape index (κ3) is 3.02. The first-order valence-electron chi connectivity index (χ1n) is 17.5. The Balaban J connectivity index is 1.13. The minimum absolute atomic E-state index is 0.111. The van der Waals surface area contributed by atoms with E-state index < -0.39 is 0 Å². The van der Waals surface area contributed by atoms with Crippen molar-refractivity contribution in [3.8, 4) is 16.8 Å². The summed E-state index contributed by atoms with van der Waals surface area (Å²) in [5, 5.41) is 2.48. The summed E-state index contributed by atoms with van der Waals surface area (Å²) in [6.45, 7) is 0. The van der Waals surface area contributed by atoms with E-state index in [0.29, 0.717) is 0 Å². The fourth-order valence-corrected chi connectivity index (χ4v) is 9.44. The van der Waals surface area contributed by atoms with Crippen LogP contribution in [0.15, 0.2) is 152 Å². The molecule has 12 aromatic rings. The molecule has 5 aromatic heterocycles. The molecular weight excluding hydrogens is 625 g/mol. The zero-order valence-electron chi connectivity index (χ0n) is 27.2. The van der Waals surface area contributed by atoms with Crippen LogP contribution >= 0.6 is 0 Å². The molecule has 0 spiro atoms. The second-order valence-corrected chi connectivity index (χ2v) is 13.8. The number of hydrogen-bond acceptors (Lipinski definition) is 2. The molecule has 0 N–H and O–H groups in total. The zero-order valence-corrected chi connectivity index (χ0v) is 27.2. The summed E-state index contributed by atoms with van der Waals surface area (Å²) < 4.78 is 9.30. The summed E-state index contributed by atoms with van der Waals surface area (Å²) in [5.41, 5.74) is 17.5. The monoisotopic (exact) mass is 650 g/mol. The summed E-state index contributed by atoms with van der Waals surface area (Å²) in [6, 6.07) is 54.8. The van der Waals surface area contributed by atoms with Crippen LogP contribution < -0.4 is 0 Å². The predicted octanol–water partition coefficient (Wildman–Crippen LogP) is 10.4. The minimum atomic E-state index is 0.111. The van der Waals surface area contributed by atoms with Crippen LogP contribution in [-0.4, -0.2) is 27.7 Å². The minimum Gasteiger partial charge on any atom is -0.307 e. The normalized spacial score (nSPS) is 13.4. The molecular formula is C45H26N6. The molecule has 51 heavy (non-hydrogen) atoms. The van der Waals surface area contributed by atoms with Gasteiger partial charge in [-0.05, 0) is 70.3 Å². The summed E-state index contributed by atoms with van der Waals surface area (Å²) in [5.74, 6) is 1.86. The predicted molar refractivity (Wildman–Crippen MR) is 206 cm³/mol. The van der Waals surface area contributed by atoms with Crippen molar-refractivity contribution >= 4 is 72.0 Å². The van der Waals surface area contributed by atoms with E-state index in [4.69, 9.17) is 9.97 Å². The number of benzene rings is 7. The van der Waals surface area contributed by atoms with Gasteiger partial charge in [-0.3, -0.25) is 8.80 Å². The third-order valence-corrected chi connectivity index (χ3v) is 11.4. The van der Waals surface area contributed by atoms with Crippen LogP contribution in [0.2, 0.25) is 0 Å². The van der Waals surface area contributed by atoms with E-state index in [9.17, 15) is 0 Å². The number of rotatable bonds is 2. The molecule has 13 rings (SSSR count). The van der Waals surface area contributed by atoms with Crippen LogP contribution in [0.3, 0.4) is 0 Å². The van der Waals surface area contributed by atoms with Crippen molar-refractivity contribution in [3.05, 3.63) is 168 Å². The van der Waals surface area contributed by atoms with Gasteiger partial charge in [0.15, 0.2) is 0 Å². The first-order chi connectivity index (χ1) is 25.3. The molecule has 1 aliphatic carbocycles. The molecule has 5 heterocycles. The Kier molecular flexibility index (Phi) is 4.59. The fourth-order valence-electron chi connectivity index (χ4n) is 9.44. The SMILES string of the molecule is c1ccc2c(c1)-c1ccccc1C2c1cccc2c1nc1n2c2cccc3c2n1c1nc2c(-n4c5ccccc5c5ccccc54)cccc2n31. The molecule has 6 heteroatoms. The van der Waals surface area contributed by atoms with E-state index in [-0.39, 0.29) is 5.92 Å². The Morgan fingerprint density at radius 2 is 0.843 bits per heavy atom. The van der Waals surface area contributed by atoms with Gasteiger partial charge < -0.3 is 4.57 Å². The first-order valence-corrected chi connectivity index (χ1v) is 17.5. The summed E-state index contributed by atoms with van der Waals surface area (Å²) >= 11 is 0. The average molecular weight is 651 g/mol. The van der Waals surface area contributed by atoms with Gasteiger partial charge in [0.1, 0.15) is 11.0 Å². The van der Waals surface area contributed by atoms with E-state index in [0.717, 1.165) is 55.9 Å². The van der Waals surface area contributed by atoms with E-state index in [1.165, 1.54) is 49.6 Å². The van der Waals surface area contributed by atoms with Crippen molar-refractivity contribution in [1.82, 2.24) is 27.7 Å². The van der Waals surface area contributed by atoms with Crippen molar-refractivity contribution in [1.29, 1.82) is 0 Å². The maximum Gasteiger partial charge on any atom is 0.223 e. The first kappa shape index (κ1) is 26.0. The molecule has 7 aromatic carbocycles. The molecule has 0 unspecified atom stereocenters. The Hall–Kier alpha value is -6.92. The number of imidazole rings is 4. The topological polar surface area (TPSA) is 43.9 Å². The van der Waals surface area contributed by atoms with Gasteiger partial charge in [-0.15, -0.1) is 0 Å².